The molecule has 2 aliphatic rings. The number of amides is 2. The fourth-order valence-corrected chi connectivity index (χ4v) is 4.57. The molecule has 0 atom stereocenters. The zero-order valence-corrected chi connectivity index (χ0v) is 19.8. The van der Waals surface area contributed by atoms with Crippen molar-refractivity contribution in [2.75, 3.05) is 25.0 Å². The highest BCUT2D eigenvalue weighted by Gasteiger charge is 2.25. The average molecular weight is 481 g/mol. The molecule has 35 heavy (non-hydrogen) atoms. The molecule has 1 aliphatic carbocycles. The molecule has 1 saturated carbocycles. The summed E-state index contributed by atoms with van der Waals surface area (Å²) in [7, 11) is 0. The summed E-state index contributed by atoms with van der Waals surface area (Å²) < 4.78 is 11.3. The molecule has 0 aromatic heterocycles. The van der Waals surface area contributed by atoms with E-state index in [1.807, 2.05) is 0 Å². The number of benzene rings is 2. The first-order valence-corrected chi connectivity index (χ1v) is 12.3. The molecule has 1 saturated heterocycles. The van der Waals surface area contributed by atoms with Crippen LogP contribution < -0.4 is 14.8 Å². The normalized spacial score (nSPS) is 17.0. The standard InChI is InChI=1S/C27H32N2O6/c30-25(20-4-2-1-3-5-20)28-22-8-12-24(13-9-22)35-27(33)29-16-14-19(15-17-29)18-34-23-10-6-21(7-11-23)26(31)32/h6-13,19-20H,1-5,14-18H2,(H,28,30)(H,31,32). The largest absolute Gasteiger partial charge is 0.493 e. The molecule has 0 bridgehead atoms. The van der Waals surface area contributed by atoms with E-state index in [1.54, 1.807) is 41.3 Å². The van der Waals surface area contributed by atoms with Gasteiger partial charge in [0.1, 0.15) is 11.5 Å². The first-order valence-electron chi connectivity index (χ1n) is 12.3. The maximum absolute atomic E-state index is 12.6. The highest BCUT2D eigenvalue weighted by molar-refractivity contribution is 5.92. The van der Waals surface area contributed by atoms with Crippen LogP contribution in [0.4, 0.5) is 10.5 Å². The second-order valence-corrected chi connectivity index (χ2v) is 9.29. The van der Waals surface area contributed by atoms with E-state index in [1.165, 1.54) is 18.6 Å². The van der Waals surface area contributed by atoms with E-state index in [0.29, 0.717) is 42.8 Å². The van der Waals surface area contributed by atoms with Crippen LogP contribution in [0.3, 0.4) is 0 Å². The molecule has 2 aromatic carbocycles. The summed E-state index contributed by atoms with van der Waals surface area (Å²) >= 11 is 0. The SMILES string of the molecule is O=C(O)c1ccc(OCC2CCN(C(=O)Oc3ccc(NC(=O)C4CCCCC4)cc3)CC2)cc1. The van der Waals surface area contributed by atoms with Crippen LogP contribution in [0.1, 0.15) is 55.3 Å². The van der Waals surface area contributed by atoms with Gasteiger partial charge in [0.05, 0.1) is 12.2 Å². The molecule has 186 valence electrons. The molecule has 1 heterocycles. The highest BCUT2D eigenvalue weighted by atomic mass is 16.6. The van der Waals surface area contributed by atoms with Gasteiger partial charge in [-0.25, -0.2) is 9.59 Å². The number of anilines is 1. The van der Waals surface area contributed by atoms with E-state index in [0.717, 1.165) is 38.5 Å². The third-order valence-corrected chi connectivity index (χ3v) is 6.76. The van der Waals surface area contributed by atoms with Gasteiger partial charge in [-0.3, -0.25) is 4.79 Å². The van der Waals surface area contributed by atoms with Crippen LogP contribution in [0.5, 0.6) is 11.5 Å². The first kappa shape index (κ1) is 24.6. The van der Waals surface area contributed by atoms with Crippen molar-refractivity contribution in [3.8, 4) is 11.5 Å². The lowest BCUT2D eigenvalue weighted by molar-refractivity contribution is -0.120. The Balaban J connectivity index is 1.18. The van der Waals surface area contributed by atoms with Crippen LogP contribution in [0.2, 0.25) is 0 Å². The summed E-state index contributed by atoms with van der Waals surface area (Å²) in [6, 6.07) is 13.3. The Morgan fingerprint density at radius 3 is 2.11 bits per heavy atom. The third kappa shape index (κ3) is 6.97. The molecular formula is C27H32N2O6. The summed E-state index contributed by atoms with van der Waals surface area (Å²) in [6.07, 6.45) is 6.55. The van der Waals surface area contributed by atoms with Crippen molar-refractivity contribution in [2.24, 2.45) is 11.8 Å². The number of carbonyl (C=O) groups is 3. The maximum atomic E-state index is 12.6. The number of nitrogens with one attached hydrogen (secondary N) is 1. The van der Waals surface area contributed by atoms with Gasteiger partial charge in [0.15, 0.2) is 0 Å². The molecule has 0 radical (unpaired) electrons. The van der Waals surface area contributed by atoms with Crippen LogP contribution in [0, 0.1) is 11.8 Å². The number of ether oxygens (including phenoxy) is 2. The minimum atomic E-state index is -0.965. The lowest BCUT2D eigenvalue weighted by atomic mass is 9.88. The second-order valence-electron chi connectivity index (χ2n) is 9.29. The zero-order valence-electron chi connectivity index (χ0n) is 19.8. The van der Waals surface area contributed by atoms with Crippen molar-refractivity contribution in [3.05, 3.63) is 54.1 Å². The lowest BCUT2D eigenvalue weighted by Gasteiger charge is -2.31. The Morgan fingerprint density at radius 1 is 0.857 bits per heavy atom. The molecule has 2 fully saturated rings. The van der Waals surface area contributed by atoms with Crippen molar-refractivity contribution in [1.29, 1.82) is 0 Å². The molecule has 4 rings (SSSR count). The summed E-state index contributed by atoms with van der Waals surface area (Å²) in [5, 5.41) is 11.9. The number of nitrogens with zero attached hydrogens (tertiary/aromatic N) is 1. The van der Waals surface area contributed by atoms with Gasteiger partial charge in [0.2, 0.25) is 5.91 Å². The van der Waals surface area contributed by atoms with Gasteiger partial charge >= 0.3 is 12.1 Å². The predicted octanol–water partition coefficient (Wildman–Crippen LogP) is 5.19. The summed E-state index contributed by atoms with van der Waals surface area (Å²) in [5.41, 5.74) is 0.932. The summed E-state index contributed by atoms with van der Waals surface area (Å²) in [5.74, 6) is 0.584. The van der Waals surface area contributed by atoms with Gasteiger partial charge in [-0.1, -0.05) is 19.3 Å². The van der Waals surface area contributed by atoms with Gasteiger partial charge < -0.3 is 24.8 Å². The number of hydrogen-bond acceptors (Lipinski definition) is 5. The summed E-state index contributed by atoms with van der Waals surface area (Å²) in [6.45, 7) is 1.68. The van der Waals surface area contributed by atoms with Gasteiger partial charge in [0, 0.05) is 24.7 Å². The highest BCUT2D eigenvalue weighted by Crippen LogP contribution is 2.26. The number of carboxylic acids is 1. The third-order valence-electron chi connectivity index (χ3n) is 6.76. The van der Waals surface area contributed by atoms with E-state index in [2.05, 4.69) is 5.32 Å². The van der Waals surface area contributed by atoms with Gasteiger partial charge in [-0.05, 0) is 80.1 Å². The monoisotopic (exact) mass is 480 g/mol. The van der Waals surface area contributed by atoms with Crippen LogP contribution in [-0.2, 0) is 4.79 Å². The van der Waals surface area contributed by atoms with Crippen LogP contribution in [0.25, 0.3) is 0 Å². The lowest BCUT2D eigenvalue weighted by Crippen LogP contribution is -2.41. The van der Waals surface area contributed by atoms with Crippen molar-refractivity contribution in [2.45, 2.75) is 44.9 Å². The average Bonchev–Trinajstić information content (AvgIpc) is 2.89. The molecule has 8 nitrogen and oxygen atoms in total. The van der Waals surface area contributed by atoms with Crippen molar-refractivity contribution in [3.63, 3.8) is 0 Å². The second kappa shape index (κ2) is 11.7. The molecule has 2 amide bonds. The minimum Gasteiger partial charge on any atom is -0.493 e. The molecule has 2 aromatic rings. The van der Waals surface area contributed by atoms with Crippen molar-refractivity contribution in [1.82, 2.24) is 4.90 Å². The number of carboxylic acid groups (broad SMARTS) is 1. The van der Waals surface area contributed by atoms with Crippen LogP contribution in [0.15, 0.2) is 48.5 Å². The Kier molecular flexibility index (Phi) is 8.23. The van der Waals surface area contributed by atoms with E-state index in [-0.39, 0.29) is 23.5 Å². The minimum absolute atomic E-state index is 0.0681. The fourth-order valence-electron chi connectivity index (χ4n) is 4.57. The quantitative estimate of drug-likeness (QED) is 0.565. The molecule has 2 N–H and O–H groups in total. The van der Waals surface area contributed by atoms with Crippen molar-refractivity contribution >= 4 is 23.7 Å². The Bertz CT molecular complexity index is 1010. The van der Waals surface area contributed by atoms with E-state index < -0.39 is 5.97 Å². The molecule has 1 aliphatic heterocycles. The number of hydrogen-bond donors (Lipinski definition) is 2. The predicted molar refractivity (Wildman–Crippen MR) is 131 cm³/mol. The first-order chi connectivity index (χ1) is 17.0. The number of likely N-dealkylation sites (tertiary alicyclic amines) is 1. The maximum Gasteiger partial charge on any atom is 0.415 e. The Hall–Kier alpha value is -3.55. The van der Waals surface area contributed by atoms with Crippen LogP contribution in [-0.4, -0.2) is 47.7 Å². The number of carbonyl (C=O) groups excluding carboxylic acids is 2. The number of aromatic carboxylic acids is 1. The van der Waals surface area contributed by atoms with E-state index >= 15 is 0 Å². The Morgan fingerprint density at radius 2 is 1.49 bits per heavy atom. The molecule has 0 unspecified atom stereocenters. The number of rotatable bonds is 7. The zero-order chi connectivity index (χ0) is 24.6. The molecule has 0 spiro atoms. The fraction of sp³-hybridized carbons (Fsp3) is 0.444. The van der Waals surface area contributed by atoms with Crippen molar-refractivity contribution < 1.29 is 29.0 Å². The topological polar surface area (TPSA) is 105 Å². The van der Waals surface area contributed by atoms with Gasteiger partial charge in [0.25, 0.3) is 0 Å². The summed E-state index contributed by atoms with van der Waals surface area (Å²) in [4.78, 5) is 37.6. The smallest absolute Gasteiger partial charge is 0.415 e. The van der Waals surface area contributed by atoms with E-state index in [4.69, 9.17) is 14.6 Å². The molecular weight excluding hydrogens is 448 g/mol. The Labute approximate surface area is 205 Å². The number of piperidine rings is 1. The molecule has 8 heteroatoms. The van der Waals surface area contributed by atoms with E-state index in [9.17, 15) is 14.4 Å². The van der Waals surface area contributed by atoms with Gasteiger partial charge in [-0.15, -0.1) is 0 Å². The van der Waals surface area contributed by atoms with Crippen LogP contribution >= 0.6 is 0 Å². The van der Waals surface area contributed by atoms with Gasteiger partial charge in [-0.2, -0.15) is 0 Å².